The number of hydrogen-bond acceptors (Lipinski definition) is 3. The van der Waals surface area contributed by atoms with Crippen LogP contribution in [0.15, 0.2) is 24.3 Å². The SMILES string of the molecule is O=CNCCCNC(=O)c1ccc(O)cc1. The van der Waals surface area contributed by atoms with E-state index in [0.29, 0.717) is 31.5 Å². The molecule has 0 atom stereocenters. The van der Waals surface area contributed by atoms with Gasteiger partial charge in [-0.2, -0.15) is 0 Å². The molecule has 0 saturated carbocycles. The molecule has 0 saturated heterocycles. The van der Waals surface area contributed by atoms with Crippen LogP contribution >= 0.6 is 0 Å². The van der Waals surface area contributed by atoms with Crippen molar-refractivity contribution in [2.24, 2.45) is 0 Å². The van der Waals surface area contributed by atoms with Crippen LogP contribution in [0.3, 0.4) is 0 Å². The van der Waals surface area contributed by atoms with Gasteiger partial charge in [-0.1, -0.05) is 0 Å². The number of amides is 2. The number of hydrogen-bond donors (Lipinski definition) is 3. The normalized spacial score (nSPS) is 9.50. The smallest absolute Gasteiger partial charge is 0.251 e. The average Bonchev–Trinajstić information content (AvgIpc) is 2.29. The number of phenolic OH excluding ortho intramolecular Hbond substituents is 1. The van der Waals surface area contributed by atoms with Crippen LogP contribution in [-0.4, -0.2) is 30.5 Å². The molecule has 0 aliphatic rings. The largest absolute Gasteiger partial charge is 0.508 e. The van der Waals surface area contributed by atoms with Crippen LogP contribution in [0.1, 0.15) is 16.8 Å². The molecule has 5 heteroatoms. The molecule has 0 radical (unpaired) electrons. The topological polar surface area (TPSA) is 78.4 Å². The number of nitrogens with one attached hydrogen (secondary N) is 2. The number of benzene rings is 1. The maximum absolute atomic E-state index is 11.5. The Labute approximate surface area is 93.5 Å². The number of carbonyl (C=O) groups is 2. The number of rotatable bonds is 6. The standard InChI is InChI=1S/C11H14N2O3/c14-8-12-6-1-7-13-11(16)9-2-4-10(15)5-3-9/h2-5,8,15H,1,6-7H2,(H,12,14)(H,13,16). The second kappa shape index (κ2) is 6.44. The molecule has 0 heterocycles. The van der Waals surface area contributed by atoms with Crippen molar-refractivity contribution in [3.8, 4) is 5.75 Å². The third-order valence-electron chi connectivity index (χ3n) is 2.00. The van der Waals surface area contributed by atoms with Gasteiger partial charge in [0.15, 0.2) is 0 Å². The van der Waals surface area contributed by atoms with E-state index in [-0.39, 0.29) is 11.7 Å². The predicted molar refractivity (Wildman–Crippen MR) is 59.1 cm³/mol. The highest BCUT2D eigenvalue weighted by Gasteiger charge is 2.03. The molecule has 1 rings (SSSR count). The van der Waals surface area contributed by atoms with Gasteiger partial charge >= 0.3 is 0 Å². The molecule has 2 amide bonds. The average molecular weight is 222 g/mol. The minimum atomic E-state index is -0.189. The predicted octanol–water partition coefficient (Wildman–Crippen LogP) is 0.258. The molecule has 1 aromatic carbocycles. The Morgan fingerprint density at radius 2 is 1.94 bits per heavy atom. The molecule has 86 valence electrons. The van der Waals surface area contributed by atoms with Crippen molar-refractivity contribution < 1.29 is 14.7 Å². The van der Waals surface area contributed by atoms with Gasteiger partial charge in [-0.3, -0.25) is 9.59 Å². The first-order valence-corrected chi connectivity index (χ1v) is 4.98. The Hall–Kier alpha value is -2.04. The van der Waals surface area contributed by atoms with Crippen molar-refractivity contribution in [2.45, 2.75) is 6.42 Å². The highest BCUT2D eigenvalue weighted by atomic mass is 16.3. The van der Waals surface area contributed by atoms with E-state index in [1.807, 2.05) is 0 Å². The molecule has 16 heavy (non-hydrogen) atoms. The van der Waals surface area contributed by atoms with Crippen molar-refractivity contribution >= 4 is 12.3 Å². The molecule has 0 unspecified atom stereocenters. The first-order chi connectivity index (χ1) is 7.74. The van der Waals surface area contributed by atoms with Gasteiger partial charge < -0.3 is 15.7 Å². The van der Waals surface area contributed by atoms with Gasteiger partial charge in [0.2, 0.25) is 6.41 Å². The second-order valence-electron chi connectivity index (χ2n) is 3.23. The van der Waals surface area contributed by atoms with Crippen molar-refractivity contribution in [3.05, 3.63) is 29.8 Å². The molecule has 5 nitrogen and oxygen atoms in total. The van der Waals surface area contributed by atoms with Crippen molar-refractivity contribution in [3.63, 3.8) is 0 Å². The molecule has 0 bridgehead atoms. The first-order valence-electron chi connectivity index (χ1n) is 4.98. The molecule has 1 aromatic rings. The third kappa shape index (κ3) is 4.00. The minimum absolute atomic E-state index is 0.131. The lowest BCUT2D eigenvalue weighted by Crippen LogP contribution is -2.26. The molecule has 0 fully saturated rings. The van der Waals surface area contributed by atoms with E-state index >= 15 is 0 Å². The van der Waals surface area contributed by atoms with Gasteiger partial charge in [-0.25, -0.2) is 0 Å². The summed E-state index contributed by atoms with van der Waals surface area (Å²) in [5.41, 5.74) is 0.501. The van der Waals surface area contributed by atoms with E-state index in [4.69, 9.17) is 5.11 Å². The van der Waals surface area contributed by atoms with E-state index in [9.17, 15) is 9.59 Å². The van der Waals surface area contributed by atoms with E-state index in [2.05, 4.69) is 10.6 Å². The molecule has 0 aromatic heterocycles. The highest BCUT2D eigenvalue weighted by molar-refractivity contribution is 5.94. The third-order valence-corrected chi connectivity index (χ3v) is 2.00. The van der Waals surface area contributed by atoms with Crippen LogP contribution in [0.25, 0.3) is 0 Å². The van der Waals surface area contributed by atoms with Crippen LogP contribution < -0.4 is 10.6 Å². The summed E-state index contributed by atoms with van der Waals surface area (Å²) in [6.45, 7) is 1.04. The van der Waals surface area contributed by atoms with Crippen molar-refractivity contribution in [1.29, 1.82) is 0 Å². The Morgan fingerprint density at radius 3 is 2.56 bits per heavy atom. The lowest BCUT2D eigenvalue weighted by atomic mass is 10.2. The van der Waals surface area contributed by atoms with E-state index in [1.54, 1.807) is 12.1 Å². The van der Waals surface area contributed by atoms with Gasteiger partial charge in [0, 0.05) is 18.7 Å². The molecular formula is C11H14N2O3. The van der Waals surface area contributed by atoms with Crippen molar-refractivity contribution in [2.75, 3.05) is 13.1 Å². The van der Waals surface area contributed by atoms with Crippen LogP contribution in [0.5, 0.6) is 5.75 Å². The second-order valence-corrected chi connectivity index (χ2v) is 3.23. The Bertz CT molecular complexity index is 349. The lowest BCUT2D eigenvalue weighted by molar-refractivity contribution is -0.109. The zero-order valence-electron chi connectivity index (χ0n) is 8.77. The lowest BCUT2D eigenvalue weighted by Gasteiger charge is -2.04. The van der Waals surface area contributed by atoms with Gasteiger partial charge in [-0.05, 0) is 30.7 Å². The maximum atomic E-state index is 11.5. The quantitative estimate of drug-likeness (QED) is 0.477. The van der Waals surface area contributed by atoms with Crippen LogP contribution in [0.4, 0.5) is 0 Å². The van der Waals surface area contributed by atoms with E-state index in [0.717, 1.165) is 0 Å². The van der Waals surface area contributed by atoms with Gasteiger partial charge in [0.05, 0.1) is 0 Å². The van der Waals surface area contributed by atoms with E-state index in [1.165, 1.54) is 12.1 Å². The summed E-state index contributed by atoms with van der Waals surface area (Å²) in [6, 6.07) is 6.02. The summed E-state index contributed by atoms with van der Waals surface area (Å²) in [5.74, 6) is -0.0576. The van der Waals surface area contributed by atoms with Gasteiger partial charge in [-0.15, -0.1) is 0 Å². The fourth-order valence-corrected chi connectivity index (χ4v) is 1.17. The number of phenols is 1. The Balaban J connectivity index is 2.29. The summed E-state index contributed by atoms with van der Waals surface area (Å²) in [7, 11) is 0. The summed E-state index contributed by atoms with van der Waals surface area (Å²) in [5, 5.41) is 14.2. The van der Waals surface area contributed by atoms with Crippen LogP contribution in [0, 0.1) is 0 Å². The van der Waals surface area contributed by atoms with E-state index < -0.39 is 0 Å². The summed E-state index contributed by atoms with van der Waals surface area (Å²) < 4.78 is 0. The number of aromatic hydroxyl groups is 1. The summed E-state index contributed by atoms with van der Waals surface area (Å²) >= 11 is 0. The minimum Gasteiger partial charge on any atom is -0.508 e. The molecule has 3 N–H and O–H groups in total. The molecule has 0 aliphatic heterocycles. The number of carbonyl (C=O) groups excluding carboxylic acids is 2. The zero-order valence-corrected chi connectivity index (χ0v) is 8.77. The van der Waals surface area contributed by atoms with Crippen molar-refractivity contribution in [1.82, 2.24) is 10.6 Å². The zero-order chi connectivity index (χ0) is 11.8. The fraction of sp³-hybridized carbons (Fsp3) is 0.273. The molecular weight excluding hydrogens is 208 g/mol. The highest BCUT2D eigenvalue weighted by Crippen LogP contribution is 2.09. The monoisotopic (exact) mass is 222 g/mol. The Kier molecular flexibility index (Phi) is 4.85. The Morgan fingerprint density at radius 1 is 1.25 bits per heavy atom. The summed E-state index contributed by atoms with van der Waals surface area (Å²) in [4.78, 5) is 21.4. The van der Waals surface area contributed by atoms with Gasteiger partial charge in [0.1, 0.15) is 5.75 Å². The molecule has 0 spiro atoms. The van der Waals surface area contributed by atoms with Crippen LogP contribution in [-0.2, 0) is 4.79 Å². The van der Waals surface area contributed by atoms with Gasteiger partial charge in [0.25, 0.3) is 5.91 Å². The molecule has 0 aliphatic carbocycles. The summed E-state index contributed by atoms with van der Waals surface area (Å²) in [6.07, 6.45) is 1.31. The fourth-order valence-electron chi connectivity index (χ4n) is 1.17. The maximum Gasteiger partial charge on any atom is 0.251 e. The first kappa shape index (κ1) is 12.0. The van der Waals surface area contributed by atoms with Crippen LogP contribution in [0.2, 0.25) is 0 Å².